The highest BCUT2D eigenvalue weighted by atomic mass is 79.9. The van der Waals surface area contributed by atoms with Crippen LogP contribution in [0.1, 0.15) is 21.0 Å². The van der Waals surface area contributed by atoms with Crippen LogP contribution >= 0.6 is 15.9 Å². The second kappa shape index (κ2) is 6.85. The van der Waals surface area contributed by atoms with Crippen LogP contribution in [0.25, 0.3) is 0 Å². The smallest absolute Gasteiger partial charge is 0.287 e. The van der Waals surface area contributed by atoms with E-state index in [2.05, 4.69) is 31.5 Å². The van der Waals surface area contributed by atoms with Crippen LogP contribution in [0.5, 0.6) is 0 Å². The number of nitrogens with zero attached hydrogens (tertiary/aromatic N) is 1. The molecule has 2 heterocycles. The Morgan fingerprint density at radius 1 is 1.10 bits per heavy atom. The summed E-state index contributed by atoms with van der Waals surface area (Å²) in [6.07, 6.45) is 1.55. The molecule has 2 rings (SSSR count). The number of hydrogen-bond acceptors (Lipinski definition) is 4. The number of nitrogens with one attached hydrogen (secondary N) is 2. The first kappa shape index (κ1) is 14.3. The van der Waals surface area contributed by atoms with Gasteiger partial charge in [-0.25, -0.2) is 0 Å². The number of carbonyl (C=O) groups excluding carboxylic acids is 2. The van der Waals surface area contributed by atoms with Crippen molar-refractivity contribution >= 4 is 27.7 Å². The largest absolute Gasteiger partial charge is 0.444 e. The van der Waals surface area contributed by atoms with E-state index in [-0.39, 0.29) is 17.6 Å². The molecule has 0 spiro atoms. The summed E-state index contributed by atoms with van der Waals surface area (Å²) in [4.78, 5) is 27.2. The predicted molar refractivity (Wildman–Crippen MR) is 75.3 cm³/mol. The van der Waals surface area contributed by atoms with E-state index in [0.29, 0.717) is 23.5 Å². The first-order valence-corrected chi connectivity index (χ1v) is 6.69. The molecule has 0 aliphatic carbocycles. The molecule has 2 aromatic rings. The van der Waals surface area contributed by atoms with Gasteiger partial charge in [0.1, 0.15) is 5.69 Å². The van der Waals surface area contributed by atoms with Crippen LogP contribution in [-0.4, -0.2) is 29.9 Å². The fourth-order valence-corrected chi connectivity index (χ4v) is 1.77. The summed E-state index contributed by atoms with van der Waals surface area (Å²) in [7, 11) is 0. The van der Waals surface area contributed by atoms with Gasteiger partial charge in [0.05, 0.1) is 0 Å². The number of amides is 2. The molecule has 0 saturated heterocycles. The first-order valence-electron chi connectivity index (χ1n) is 5.89. The summed E-state index contributed by atoms with van der Waals surface area (Å²) in [5.74, 6) is -0.392. The molecule has 7 heteroatoms. The molecular weight excluding hydrogens is 326 g/mol. The Morgan fingerprint density at radius 3 is 2.45 bits per heavy atom. The lowest BCUT2D eigenvalue weighted by Gasteiger charge is -2.05. The van der Waals surface area contributed by atoms with Crippen molar-refractivity contribution in [3.05, 3.63) is 52.7 Å². The molecule has 6 nitrogen and oxygen atoms in total. The van der Waals surface area contributed by atoms with E-state index in [4.69, 9.17) is 4.42 Å². The highest BCUT2D eigenvalue weighted by Crippen LogP contribution is 2.13. The highest BCUT2D eigenvalue weighted by molar-refractivity contribution is 9.10. The molecule has 0 bridgehead atoms. The number of rotatable bonds is 5. The van der Waals surface area contributed by atoms with Gasteiger partial charge in [-0.3, -0.25) is 14.6 Å². The van der Waals surface area contributed by atoms with E-state index in [9.17, 15) is 9.59 Å². The van der Waals surface area contributed by atoms with Crippen molar-refractivity contribution in [3.63, 3.8) is 0 Å². The Morgan fingerprint density at radius 2 is 1.85 bits per heavy atom. The Hall–Kier alpha value is -2.15. The summed E-state index contributed by atoms with van der Waals surface area (Å²) in [6, 6.07) is 8.29. The fourth-order valence-electron chi connectivity index (χ4n) is 1.46. The topological polar surface area (TPSA) is 84.2 Å². The van der Waals surface area contributed by atoms with Crippen molar-refractivity contribution in [3.8, 4) is 0 Å². The van der Waals surface area contributed by atoms with Gasteiger partial charge in [-0.2, -0.15) is 0 Å². The molecule has 2 N–H and O–H groups in total. The van der Waals surface area contributed by atoms with Gasteiger partial charge in [0.15, 0.2) is 10.4 Å². The van der Waals surface area contributed by atoms with E-state index >= 15 is 0 Å². The van der Waals surface area contributed by atoms with Crippen molar-refractivity contribution in [2.45, 2.75) is 0 Å². The molecule has 0 aromatic carbocycles. The van der Waals surface area contributed by atoms with E-state index < -0.39 is 0 Å². The van der Waals surface area contributed by atoms with Crippen LogP contribution in [-0.2, 0) is 0 Å². The zero-order valence-electron chi connectivity index (χ0n) is 10.4. The first-order chi connectivity index (χ1) is 9.66. The SMILES string of the molecule is O=C(NCCNC(=O)c1ccc(Br)o1)c1ccccn1. The highest BCUT2D eigenvalue weighted by Gasteiger charge is 2.10. The minimum Gasteiger partial charge on any atom is -0.444 e. The maximum absolute atomic E-state index is 11.7. The van der Waals surface area contributed by atoms with Crippen molar-refractivity contribution in [1.82, 2.24) is 15.6 Å². The second-order valence-corrected chi connectivity index (χ2v) is 4.61. The molecule has 0 saturated carbocycles. The third kappa shape index (κ3) is 3.92. The molecule has 0 unspecified atom stereocenters. The van der Waals surface area contributed by atoms with Crippen LogP contribution in [0, 0.1) is 0 Å². The average Bonchev–Trinajstić information content (AvgIpc) is 2.91. The van der Waals surface area contributed by atoms with E-state index in [1.807, 2.05) is 0 Å². The number of furan rings is 1. The minimum atomic E-state index is -0.331. The third-order valence-electron chi connectivity index (χ3n) is 2.39. The summed E-state index contributed by atoms with van der Waals surface area (Å²) >= 11 is 3.12. The summed E-state index contributed by atoms with van der Waals surface area (Å²) in [6.45, 7) is 0.610. The average molecular weight is 338 g/mol. The number of pyridine rings is 1. The lowest BCUT2D eigenvalue weighted by molar-refractivity contribution is 0.0908. The van der Waals surface area contributed by atoms with Gasteiger partial charge in [0.25, 0.3) is 11.8 Å². The zero-order valence-corrected chi connectivity index (χ0v) is 12.0. The molecule has 2 aromatic heterocycles. The summed E-state index contributed by atoms with van der Waals surface area (Å²) in [5, 5.41) is 5.29. The van der Waals surface area contributed by atoms with E-state index in [1.54, 1.807) is 36.5 Å². The molecule has 0 aliphatic rings. The minimum absolute atomic E-state index is 0.216. The van der Waals surface area contributed by atoms with Crippen LogP contribution in [0.3, 0.4) is 0 Å². The Balaban J connectivity index is 1.72. The van der Waals surface area contributed by atoms with Gasteiger partial charge >= 0.3 is 0 Å². The maximum Gasteiger partial charge on any atom is 0.287 e. The molecule has 0 fully saturated rings. The molecule has 104 valence electrons. The number of hydrogen-bond donors (Lipinski definition) is 2. The molecule has 0 atom stereocenters. The van der Waals surface area contributed by atoms with E-state index in [0.717, 1.165) is 0 Å². The Kier molecular flexibility index (Phi) is 4.89. The van der Waals surface area contributed by atoms with Gasteiger partial charge in [-0.05, 0) is 40.2 Å². The second-order valence-electron chi connectivity index (χ2n) is 3.83. The molecule has 0 aliphatic heterocycles. The predicted octanol–water partition coefficient (Wildman–Crippen LogP) is 1.60. The molecule has 2 amide bonds. The van der Waals surface area contributed by atoms with Gasteiger partial charge in [-0.15, -0.1) is 0 Å². The standard InChI is InChI=1S/C13H12BrN3O3/c14-11-5-4-10(20-11)13(19)17-8-7-16-12(18)9-3-1-2-6-15-9/h1-6H,7-8H2,(H,16,18)(H,17,19). The van der Waals surface area contributed by atoms with Crippen molar-refractivity contribution < 1.29 is 14.0 Å². The Bertz CT molecular complexity index is 598. The molecule has 20 heavy (non-hydrogen) atoms. The van der Waals surface area contributed by atoms with Crippen LogP contribution in [0.4, 0.5) is 0 Å². The number of halogens is 1. The lowest BCUT2D eigenvalue weighted by atomic mass is 10.3. The number of carbonyl (C=O) groups is 2. The van der Waals surface area contributed by atoms with Gasteiger partial charge in [-0.1, -0.05) is 6.07 Å². The molecule has 0 radical (unpaired) electrons. The monoisotopic (exact) mass is 337 g/mol. The van der Waals surface area contributed by atoms with Gasteiger partial charge < -0.3 is 15.1 Å². The van der Waals surface area contributed by atoms with Gasteiger partial charge in [0, 0.05) is 19.3 Å². The third-order valence-corrected chi connectivity index (χ3v) is 2.82. The van der Waals surface area contributed by atoms with Crippen molar-refractivity contribution in [1.29, 1.82) is 0 Å². The van der Waals surface area contributed by atoms with Gasteiger partial charge in [0.2, 0.25) is 0 Å². The quantitative estimate of drug-likeness (QED) is 0.811. The lowest BCUT2D eigenvalue weighted by Crippen LogP contribution is -2.34. The zero-order chi connectivity index (χ0) is 14.4. The van der Waals surface area contributed by atoms with E-state index in [1.165, 1.54) is 0 Å². The molecular formula is C13H12BrN3O3. The van der Waals surface area contributed by atoms with Crippen molar-refractivity contribution in [2.75, 3.05) is 13.1 Å². The summed E-state index contributed by atoms with van der Waals surface area (Å²) < 4.78 is 5.59. The van der Waals surface area contributed by atoms with Crippen molar-refractivity contribution in [2.24, 2.45) is 0 Å². The maximum atomic E-state index is 11.7. The normalized spacial score (nSPS) is 10.1. The van der Waals surface area contributed by atoms with Crippen LogP contribution in [0.15, 0.2) is 45.6 Å². The summed E-state index contributed by atoms with van der Waals surface area (Å²) in [5.41, 5.74) is 0.341. The van der Waals surface area contributed by atoms with Crippen LogP contribution in [0.2, 0.25) is 0 Å². The fraction of sp³-hybridized carbons (Fsp3) is 0.154. The number of aromatic nitrogens is 1. The van der Waals surface area contributed by atoms with Crippen LogP contribution < -0.4 is 10.6 Å². The Labute approximate surface area is 123 Å².